The smallest absolute Gasteiger partial charge is 0.162 e. The molecule has 2 N–H and O–H groups in total. The first-order chi connectivity index (χ1) is 10.1. The molecule has 0 saturated heterocycles. The fraction of sp³-hybridized carbons (Fsp3) is 0.250. The van der Waals surface area contributed by atoms with Gasteiger partial charge in [-0.1, -0.05) is 28.1 Å². The van der Waals surface area contributed by atoms with Crippen LogP contribution in [0, 0.1) is 11.6 Å². The van der Waals surface area contributed by atoms with Gasteiger partial charge >= 0.3 is 0 Å². The number of halogens is 3. The number of hydrogen-bond donors (Lipinski definition) is 1. The zero-order chi connectivity index (χ0) is 15.0. The Labute approximate surface area is 130 Å². The molecule has 1 unspecified atom stereocenters. The molecule has 2 aromatic carbocycles. The number of fused-ring (bicyclic) bond motifs is 1. The predicted molar refractivity (Wildman–Crippen MR) is 80.3 cm³/mol. The van der Waals surface area contributed by atoms with Crippen molar-refractivity contribution in [3.63, 3.8) is 0 Å². The van der Waals surface area contributed by atoms with Crippen LogP contribution in [-0.2, 0) is 12.8 Å². The van der Waals surface area contributed by atoms with Gasteiger partial charge in [-0.2, -0.15) is 0 Å². The third kappa shape index (κ3) is 2.80. The number of nitrogens with two attached hydrogens (primary N) is 1. The average molecular weight is 354 g/mol. The SMILES string of the molecule is NC(Cc1cccc(F)c1F)c1cc(Br)cc2c1OCC2. The number of rotatable bonds is 3. The molecule has 0 aliphatic carbocycles. The summed E-state index contributed by atoms with van der Waals surface area (Å²) in [7, 11) is 0. The average Bonchev–Trinajstić information content (AvgIpc) is 2.90. The summed E-state index contributed by atoms with van der Waals surface area (Å²) in [4.78, 5) is 0. The minimum Gasteiger partial charge on any atom is -0.493 e. The zero-order valence-electron chi connectivity index (χ0n) is 11.2. The molecular weight excluding hydrogens is 340 g/mol. The van der Waals surface area contributed by atoms with E-state index in [1.54, 1.807) is 6.07 Å². The Bertz CT molecular complexity index is 690. The predicted octanol–water partition coefficient (Wildman–Crippen LogP) is 3.90. The third-order valence-electron chi connectivity index (χ3n) is 3.65. The number of ether oxygens (including phenoxy) is 1. The fourth-order valence-corrected chi connectivity index (χ4v) is 3.15. The van der Waals surface area contributed by atoms with Crippen LogP contribution in [0.1, 0.15) is 22.7 Å². The van der Waals surface area contributed by atoms with Crippen molar-refractivity contribution in [1.82, 2.24) is 0 Å². The van der Waals surface area contributed by atoms with E-state index in [2.05, 4.69) is 15.9 Å². The van der Waals surface area contributed by atoms with Crippen LogP contribution in [0.4, 0.5) is 8.78 Å². The molecule has 2 aromatic rings. The van der Waals surface area contributed by atoms with Gasteiger partial charge in [0.15, 0.2) is 11.6 Å². The third-order valence-corrected chi connectivity index (χ3v) is 4.11. The first-order valence-corrected chi connectivity index (χ1v) is 7.49. The molecule has 0 amide bonds. The maximum atomic E-state index is 13.8. The molecule has 5 heteroatoms. The van der Waals surface area contributed by atoms with E-state index < -0.39 is 17.7 Å². The lowest BCUT2D eigenvalue weighted by atomic mass is 9.96. The van der Waals surface area contributed by atoms with Gasteiger partial charge in [0.25, 0.3) is 0 Å². The molecule has 0 spiro atoms. The van der Waals surface area contributed by atoms with E-state index in [-0.39, 0.29) is 12.0 Å². The Hall–Kier alpha value is -1.46. The van der Waals surface area contributed by atoms with Gasteiger partial charge in [0.1, 0.15) is 5.75 Å². The largest absolute Gasteiger partial charge is 0.493 e. The standard InChI is InChI=1S/C16H14BrF2NO/c17-11-6-10-4-5-21-16(10)12(8-11)14(20)7-9-2-1-3-13(18)15(9)19/h1-3,6,8,14H,4-5,7,20H2. The van der Waals surface area contributed by atoms with Gasteiger partial charge in [-0.25, -0.2) is 8.78 Å². The van der Waals surface area contributed by atoms with Crippen LogP contribution in [0.3, 0.4) is 0 Å². The molecule has 0 aromatic heterocycles. The maximum absolute atomic E-state index is 13.8. The van der Waals surface area contributed by atoms with E-state index in [9.17, 15) is 8.78 Å². The van der Waals surface area contributed by atoms with Crippen LogP contribution in [0.15, 0.2) is 34.8 Å². The van der Waals surface area contributed by atoms with E-state index in [0.29, 0.717) is 6.61 Å². The highest BCUT2D eigenvalue weighted by Gasteiger charge is 2.22. The normalized spacial score (nSPS) is 14.7. The molecule has 0 bridgehead atoms. The molecule has 0 fully saturated rings. The summed E-state index contributed by atoms with van der Waals surface area (Å²) < 4.78 is 33.6. The quantitative estimate of drug-likeness (QED) is 0.907. The lowest BCUT2D eigenvalue weighted by Crippen LogP contribution is -2.15. The molecule has 3 rings (SSSR count). The van der Waals surface area contributed by atoms with Crippen molar-refractivity contribution in [2.24, 2.45) is 5.73 Å². The van der Waals surface area contributed by atoms with Gasteiger partial charge in [-0.05, 0) is 35.7 Å². The Morgan fingerprint density at radius 2 is 2.10 bits per heavy atom. The molecule has 2 nitrogen and oxygen atoms in total. The van der Waals surface area contributed by atoms with Crippen LogP contribution < -0.4 is 10.5 Å². The summed E-state index contributed by atoms with van der Waals surface area (Å²) in [6, 6.07) is 7.57. The summed E-state index contributed by atoms with van der Waals surface area (Å²) in [5, 5.41) is 0. The summed E-state index contributed by atoms with van der Waals surface area (Å²) in [6.45, 7) is 0.625. The Morgan fingerprint density at radius 3 is 2.90 bits per heavy atom. The molecule has 1 aliphatic heterocycles. The monoisotopic (exact) mass is 353 g/mol. The van der Waals surface area contributed by atoms with E-state index in [0.717, 1.165) is 33.8 Å². The minimum atomic E-state index is -0.851. The highest BCUT2D eigenvalue weighted by molar-refractivity contribution is 9.10. The molecular formula is C16H14BrF2NO. The highest BCUT2D eigenvalue weighted by Crippen LogP contribution is 2.36. The fourth-order valence-electron chi connectivity index (χ4n) is 2.63. The van der Waals surface area contributed by atoms with Crippen molar-refractivity contribution >= 4 is 15.9 Å². The van der Waals surface area contributed by atoms with Crippen molar-refractivity contribution in [3.05, 3.63) is 63.1 Å². The Kier molecular flexibility index (Phi) is 3.95. The molecule has 0 saturated carbocycles. The van der Waals surface area contributed by atoms with Crippen LogP contribution in [-0.4, -0.2) is 6.61 Å². The van der Waals surface area contributed by atoms with Gasteiger partial charge in [-0.15, -0.1) is 0 Å². The maximum Gasteiger partial charge on any atom is 0.162 e. The van der Waals surface area contributed by atoms with E-state index in [4.69, 9.17) is 10.5 Å². The van der Waals surface area contributed by atoms with Crippen molar-refractivity contribution in [2.45, 2.75) is 18.9 Å². The van der Waals surface area contributed by atoms with E-state index in [1.165, 1.54) is 6.07 Å². The molecule has 110 valence electrons. The first kappa shape index (κ1) is 14.5. The second-order valence-corrected chi connectivity index (χ2v) is 6.02. The summed E-state index contributed by atoms with van der Waals surface area (Å²) >= 11 is 3.45. The highest BCUT2D eigenvalue weighted by atomic mass is 79.9. The van der Waals surface area contributed by atoms with Crippen LogP contribution in [0.25, 0.3) is 0 Å². The van der Waals surface area contributed by atoms with Gasteiger partial charge in [0, 0.05) is 22.5 Å². The second-order valence-electron chi connectivity index (χ2n) is 5.11. The van der Waals surface area contributed by atoms with Gasteiger partial charge in [0.2, 0.25) is 0 Å². The van der Waals surface area contributed by atoms with Gasteiger partial charge in [-0.3, -0.25) is 0 Å². The summed E-state index contributed by atoms with van der Waals surface area (Å²) in [5.41, 5.74) is 8.38. The Balaban J connectivity index is 1.93. The lowest BCUT2D eigenvalue weighted by molar-refractivity contribution is 0.351. The van der Waals surface area contributed by atoms with Crippen LogP contribution in [0.2, 0.25) is 0 Å². The second kappa shape index (κ2) is 5.73. The zero-order valence-corrected chi connectivity index (χ0v) is 12.8. The topological polar surface area (TPSA) is 35.2 Å². The minimum absolute atomic E-state index is 0.218. The van der Waals surface area contributed by atoms with Crippen molar-refractivity contribution < 1.29 is 13.5 Å². The number of hydrogen-bond acceptors (Lipinski definition) is 2. The first-order valence-electron chi connectivity index (χ1n) is 6.70. The van der Waals surface area contributed by atoms with Crippen LogP contribution >= 0.6 is 15.9 Å². The molecule has 1 aliphatic rings. The summed E-state index contributed by atoms with van der Waals surface area (Å²) in [6.07, 6.45) is 1.05. The molecule has 21 heavy (non-hydrogen) atoms. The molecule has 0 radical (unpaired) electrons. The van der Waals surface area contributed by atoms with Gasteiger partial charge in [0.05, 0.1) is 6.61 Å². The van der Waals surface area contributed by atoms with E-state index >= 15 is 0 Å². The van der Waals surface area contributed by atoms with Crippen molar-refractivity contribution in [3.8, 4) is 5.75 Å². The lowest BCUT2D eigenvalue weighted by Gasteiger charge is -2.17. The molecule has 1 atom stereocenters. The van der Waals surface area contributed by atoms with Crippen LogP contribution in [0.5, 0.6) is 5.75 Å². The summed E-state index contributed by atoms with van der Waals surface area (Å²) in [5.74, 6) is -0.904. The molecule has 1 heterocycles. The number of benzene rings is 2. The van der Waals surface area contributed by atoms with Crippen molar-refractivity contribution in [2.75, 3.05) is 6.61 Å². The van der Waals surface area contributed by atoms with Crippen molar-refractivity contribution in [1.29, 1.82) is 0 Å². The van der Waals surface area contributed by atoms with E-state index in [1.807, 2.05) is 12.1 Å². The Morgan fingerprint density at radius 1 is 1.29 bits per heavy atom. The van der Waals surface area contributed by atoms with Gasteiger partial charge < -0.3 is 10.5 Å².